The molecule has 0 aromatic heterocycles. The van der Waals surface area contributed by atoms with Crippen LogP contribution in [-0.2, 0) is 14.3 Å². The minimum Gasteiger partial charge on any atom is -0.449 e. The summed E-state index contributed by atoms with van der Waals surface area (Å²) in [7, 11) is 1.51. The van der Waals surface area contributed by atoms with Crippen LogP contribution in [0.15, 0.2) is 42.5 Å². The highest BCUT2D eigenvalue weighted by Crippen LogP contribution is 2.23. The molecule has 9 nitrogen and oxygen atoms in total. The number of rotatable bonds is 9. The lowest BCUT2D eigenvalue weighted by Crippen LogP contribution is -2.30. The van der Waals surface area contributed by atoms with Gasteiger partial charge in [-0.05, 0) is 37.3 Å². The molecule has 154 valence electrons. The Morgan fingerprint density at radius 2 is 1.90 bits per heavy atom. The number of non-ortho nitro benzene ring substituents is 1. The van der Waals surface area contributed by atoms with Gasteiger partial charge in [0.15, 0.2) is 6.10 Å². The number of methoxy groups -OCH3 is 1. The molecular weight excluding hydrogens is 385 g/mol. The van der Waals surface area contributed by atoms with Gasteiger partial charge in [-0.15, -0.1) is 0 Å². The van der Waals surface area contributed by atoms with Crippen molar-refractivity contribution in [2.75, 3.05) is 30.9 Å². The molecule has 0 aliphatic rings. The quantitative estimate of drug-likeness (QED) is 0.285. The molecule has 0 aliphatic carbocycles. The molecule has 0 aliphatic heterocycles. The molecule has 0 saturated carbocycles. The van der Waals surface area contributed by atoms with Crippen molar-refractivity contribution in [2.24, 2.45) is 0 Å². The second kappa shape index (κ2) is 10.1. The fourth-order valence-corrected chi connectivity index (χ4v) is 2.31. The number of carbonyl (C=O) groups excluding carboxylic acids is 2. The van der Waals surface area contributed by atoms with Crippen molar-refractivity contribution in [1.29, 1.82) is 0 Å². The summed E-state index contributed by atoms with van der Waals surface area (Å²) in [6.07, 6.45) is -1.20. The van der Waals surface area contributed by atoms with Crippen LogP contribution >= 0.6 is 0 Å². The highest BCUT2D eigenvalue weighted by Gasteiger charge is 2.23. The fraction of sp³-hybridized carbons (Fsp3) is 0.263. The largest absolute Gasteiger partial charge is 0.449 e. The van der Waals surface area contributed by atoms with Gasteiger partial charge in [-0.3, -0.25) is 14.9 Å². The number of halogens is 1. The summed E-state index contributed by atoms with van der Waals surface area (Å²) in [5, 5.41) is 16.4. The van der Waals surface area contributed by atoms with Crippen LogP contribution in [0.1, 0.15) is 17.3 Å². The topological polar surface area (TPSA) is 120 Å². The van der Waals surface area contributed by atoms with Crippen LogP contribution < -0.4 is 10.6 Å². The van der Waals surface area contributed by atoms with E-state index in [0.29, 0.717) is 24.5 Å². The lowest BCUT2D eigenvalue weighted by atomic mass is 10.1. The first kappa shape index (κ1) is 21.8. The number of nitro benzene ring substituents is 1. The Morgan fingerprint density at radius 3 is 2.52 bits per heavy atom. The van der Waals surface area contributed by atoms with Crippen molar-refractivity contribution in [3.8, 4) is 0 Å². The number of hydrogen-bond acceptors (Lipinski definition) is 7. The molecule has 0 bridgehead atoms. The van der Waals surface area contributed by atoms with Gasteiger partial charge in [0, 0.05) is 37.2 Å². The third kappa shape index (κ3) is 6.25. The van der Waals surface area contributed by atoms with Crippen molar-refractivity contribution in [1.82, 2.24) is 0 Å². The molecule has 0 unspecified atom stereocenters. The molecule has 1 atom stereocenters. The maximum atomic E-state index is 12.9. The van der Waals surface area contributed by atoms with E-state index in [1.807, 2.05) is 0 Å². The van der Waals surface area contributed by atoms with E-state index in [0.717, 1.165) is 6.07 Å². The zero-order valence-corrected chi connectivity index (χ0v) is 15.8. The molecule has 29 heavy (non-hydrogen) atoms. The standard InChI is InChI=1S/C19H20FN3O6/c1-12(18(24)22-14-5-3-13(20)4-6-14)29-19(25)16-11-15(23(26)27)7-8-17(16)21-9-10-28-2/h3-8,11-12,21H,9-10H2,1-2H3,(H,22,24)/t12-/m0/s1. The van der Waals surface area contributed by atoms with Crippen molar-refractivity contribution >= 4 is 28.9 Å². The van der Waals surface area contributed by atoms with Crippen molar-refractivity contribution in [3.05, 3.63) is 64.0 Å². The first-order valence-electron chi connectivity index (χ1n) is 8.60. The number of esters is 1. The number of anilines is 2. The third-order valence-electron chi connectivity index (χ3n) is 3.82. The lowest BCUT2D eigenvalue weighted by molar-refractivity contribution is -0.384. The van der Waals surface area contributed by atoms with Crippen LogP contribution in [0.3, 0.4) is 0 Å². The van der Waals surface area contributed by atoms with Gasteiger partial charge in [-0.25, -0.2) is 9.18 Å². The highest BCUT2D eigenvalue weighted by molar-refractivity contribution is 6.00. The van der Waals surface area contributed by atoms with E-state index in [-0.39, 0.29) is 11.3 Å². The van der Waals surface area contributed by atoms with Gasteiger partial charge in [-0.2, -0.15) is 0 Å². The van der Waals surface area contributed by atoms with Crippen LogP contribution in [0, 0.1) is 15.9 Å². The normalized spacial score (nSPS) is 11.4. The zero-order valence-electron chi connectivity index (χ0n) is 15.8. The second-order valence-corrected chi connectivity index (χ2v) is 5.95. The van der Waals surface area contributed by atoms with Gasteiger partial charge in [0.05, 0.1) is 17.1 Å². The molecule has 1 amide bonds. The number of nitrogens with one attached hydrogen (secondary N) is 2. The molecule has 2 aromatic rings. The van der Waals surface area contributed by atoms with E-state index in [1.165, 1.54) is 50.4 Å². The number of carbonyl (C=O) groups is 2. The summed E-state index contributed by atoms with van der Waals surface area (Å²) in [6, 6.07) is 8.77. The first-order chi connectivity index (χ1) is 13.8. The molecule has 10 heteroatoms. The van der Waals surface area contributed by atoms with Crippen molar-refractivity contribution < 1.29 is 28.4 Å². The van der Waals surface area contributed by atoms with Gasteiger partial charge in [0.2, 0.25) is 0 Å². The average molecular weight is 405 g/mol. The van der Waals surface area contributed by atoms with E-state index < -0.39 is 28.7 Å². The lowest BCUT2D eigenvalue weighted by Gasteiger charge is -2.16. The minimum atomic E-state index is -1.20. The van der Waals surface area contributed by atoms with Crippen LogP contribution in [-0.4, -0.2) is 43.2 Å². The number of hydrogen-bond donors (Lipinski definition) is 2. The van der Waals surface area contributed by atoms with Crippen LogP contribution in [0.4, 0.5) is 21.5 Å². The summed E-state index contributed by atoms with van der Waals surface area (Å²) in [6.45, 7) is 2.06. The van der Waals surface area contributed by atoms with Crippen molar-refractivity contribution in [2.45, 2.75) is 13.0 Å². The maximum Gasteiger partial charge on any atom is 0.341 e. The Kier molecular flexibility index (Phi) is 7.61. The van der Waals surface area contributed by atoms with Gasteiger partial charge in [0.1, 0.15) is 5.82 Å². The fourth-order valence-electron chi connectivity index (χ4n) is 2.31. The smallest absolute Gasteiger partial charge is 0.341 e. The van der Waals surface area contributed by atoms with E-state index in [4.69, 9.17) is 9.47 Å². The summed E-state index contributed by atoms with van der Waals surface area (Å²) < 4.78 is 23.0. The molecule has 0 saturated heterocycles. The summed E-state index contributed by atoms with van der Waals surface area (Å²) in [5.74, 6) is -2.00. The number of nitrogens with zero attached hydrogens (tertiary/aromatic N) is 1. The Balaban J connectivity index is 2.12. The molecular formula is C19H20FN3O6. The summed E-state index contributed by atoms with van der Waals surface area (Å²) >= 11 is 0. The predicted molar refractivity (Wildman–Crippen MR) is 103 cm³/mol. The Hall–Kier alpha value is -3.53. The summed E-state index contributed by atoms with van der Waals surface area (Å²) in [4.78, 5) is 35.1. The molecule has 0 heterocycles. The Morgan fingerprint density at radius 1 is 1.21 bits per heavy atom. The number of ether oxygens (including phenoxy) is 2. The van der Waals surface area contributed by atoms with Crippen LogP contribution in [0.25, 0.3) is 0 Å². The zero-order chi connectivity index (χ0) is 21.4. The van der Waals surface area contributed by atoms with E-state index in [2.05, 4.69) is 10.6 Å². The second-order valence-electron chi connectivity index (χ2n) is 5.95. The predicted octanol–water partition coefficient (Wildman–Crippen LogP) is 2.98. The monoisotopic (exact) mass is 405 g/mol. The molecule has 0 fully saturated rings. The molecule has 2 rings (SSSR count). The average Bonchev–Trinajstić information content (AvgIpc) is 2.69. The number of amides is 1. The van der Waals surface area contributed by atoms with Crippen LogP contribution in [0.5, 0.6) is 0 Å². The Labute approximate surface area is 166 Å². The first-order valence-corrected chi connectivity index (χ1v) is 8.60. The third-order valence-corrected chi connectivity index (χ3v) is 3.82. The van der Waals surface area contributed by atoms with Gasteiger partial charge >= 0.3 is 5.97 Å². The Bertz CT molecular complexity index is 888. The van der Waals surface area contributed by atoms with Gasteiger partial charge in [-0.1, -0.05) is 0 Å². The molecule has 2 aromatic carbocycles. The van der Waals surface area contributed by atoms with E-state index in [1.54, 1.807) is 0 Å². The van der Waals surface area contributed by atoms with Crippen molar-refractivity contribution in [3.63, 3.8) is 0 Å². The SMILES string of the molecule is COCCNc1ccc([N+](=O)[O-])cc1C(=O)O[C@@H](C)C(=O)Nc1ccc(F)cc1. The number of nitro groups is 1. The minimum absolute atomic E-state index is 0.0864. The van der Waals surface area contributed by atoms with Gasteiger partial charge < -0.3 is 20.1 Å². The maximum absolute atomic E-state index is 12.9. The van der Waals surface area contributed by atoms with E-state index >= 15 is 0 Å². The summed E-state index contributed by atoms with van der Waals surface area (Å²) in [5.41, 5.74) is 0.259. The van der Waals surface area contributed by atoms with E-state index in [9.17, 15) is 24.1 Å². The molecule has 0 radical (unpaired) electrons. The number of benzene rings is 2. The molecule has 2 N–H and O–H groups in total. The van der Waals surface area contributed by atoms with Gasteiger partial charge in [0.25, 0.3) is 11.6 Å². The van der Waals surface area contributed by atoms with Crippen LogP contribution in [0.2, 0.25) is 0 Å². The highest BCUT2D eigenvalue weighted by atomic mass is 19.1. The molecule has 0 spiro atoms.